The predicted octanol–water partition coefficient (Wildman–Crippen LogP) is 2.98. The molecular formula is C17H20N2O2. The Kier molecular flexibility index (Phi) is 4.82. The van der Waals surface area contributed by atoms with Gasteiger partial charge in [0.2, 0.25) is 0 Å². The van der Waals surface area contributed by atoms with Gasteiger partial charge in [0.05, 0.1) is 7.11 Å². The van der Waals surface area contributed by atoms with E-state index in [1.165, 1.54) is 5.56 Å². The topological polar surface area (TPSA) is 50.4 Å². The summed E-state index contributed by atoms with van der Waals surface area (Å²) in [5.41, 5.74) is 3.81. The molecule has 4 nitrogen and oxygen atoms in total. The third kappa shape index (κ3) is 3.75. The van der Waals surface area contributed by atoms with E-state index in [2.05, 4.69) is 23.6 Å². The lowest BCUT2D eigenvalue weighted by Gasteiger charge is -2.12. The Morgan fingerprint density at radius 2 is 2.00 bits per heavy atom. The number of benzene rings is 2. The minimum atomic E-state index is -0.0909. The molecule has 0 unspecified atom stereocenters. The zero-order chi connectivity index (χ0) is 15.2. The Morgan fingerprint density at radius 3 is 2.71 bits per heavy atom. The number of carbonyl (C=O) groups excluding carboxylic acids is 1. The number of aryl methyl sites for hydroxylation is 1. The molecule has 0 fully saturated rings. The maximum Gasteiger partial charge on any atom is 0.251 e. The lowest BCUT2D eigenvalue weighted by atomic mass is 10.1. The number of carbonyl (C=O) groups is 1. The van der Waals surface area contributed by atoms with Crippen LogP contribution in [0, 0.1) is 6.92 Å². The first-order valence-electron chi connectivity index (χ1n) is 6.83. The van der Waals surface area contributed by atoms with Crippen LogP contribution in [0.25, 0.3) is 0 Å². The SMILES string of the molecule is CNC(=O)c1cccc(NCc2cc(C)ccc2OC)c1. The van der Waals surface area contributed by atoms with Gasteiger partial charge in [-0.15, -0.1) is 0 Å². The number of hydrogen-bond donors (Lipinski definition) is 2. The molecule has 2 N–H and O–H groups in total. The van der Waals surface area contributed by atoms with Crippen molar-refractivity contribution < 1.29 is 9.53 Å². The fourth-order valence-electron chi connectivity index (χ4n) is 2.16. The van der Waals surface area contributed by atoms with E-state index in [9.17, 15) is 4.79 Å². The molecule has 4 heteroatoms. The summed E-state index contributed by atoms with van der Waals surface area (Å²) in [5.74, 6) is 0.766. The van der Waals surface area contributed by atoms with Gasteiger partial charge in [0.25, 0.3) is 5.91 Å². The summed E-state index contributed by atoms with van der Waals surface area (Å²) in [6.07, 6.45) is 0. The predicted molar refractivity (Wildman–Crippen MR) is 84.9 cm³/mol. The quantitative estimate of drug-likeness (QED) is 0.887. The van der Waals surface area contributed by atoms with E-state index in [4.69, 9.17) is 4.74 Å². The number of anilines is 1. The van der Waals surface area contributed by atoms with Gasteiger partial charge in [-0.3, -0.25) is 4.79 Å². The van der Waals surface area contributed by atoms with Gasteiger partial charge in [0.15, 0.2) is 0 Å². The Balaban J connectivity index is 2.13. The molecule has 0 heterocycles. The van der Waals surface area contributed by atoms with E-state index >= 15 is 0 Å². The molecule has 1 amide bonds. The van der Waals surface area contributed by atoms with Crippen LogP contribution in [0.3, 0.4) is 0 Å². The molecule has 0 radical (unpaired) electrons. The molecule has 0 aliphatic carbocycles. The maximum atomic E-state index is 11.6. The van der Waals surface area contributed by atoms with Crippen LogP contribution in [0.5, 0.6) is 5.75 Å². The van der Waals surface area contributed by atoms with Gasteiger partial charge in [0, 0.05) is 30.4 Å². The normalized spacial score (nSPS) is 10.0. The highest BCUT2D eigenvalue weighted by Crippen LogP contribution is 2.21. The van der Waals surface area contributed by atoms with Crippen LogP contribution in [0.15, 0.2) is 42.5 Å². The van der Waals surface area contributed by atoms with Crippen LogP contribution in [0.2, 0.25) is 0 Å². The van der Waals surface area contributed by atoms with Gasteiger partial charge in [-0.25, -0.2) is 0 Å². The highest BCUT2D eigenvalue weighted by molar-refractivity contribution is 5.94. The molecular weight excluding hydrogens is 264 g/mol. The van der Waals surface area contributed by atoms with Crippen molar-refractivity contribution in [1.82, 2.24) is 5.32 Å². The maximum absolute atomic E-state index is 11.6. The smallest absolute Gasteiger partial charge is 0.251 e. The third-order valence-corrected chi connectivity index (χ3v) is 3.27. The fraction of sp³-hybridized carbons (Fsp3) is 0.235. The number of methoxy groups -OCH3 is 1. The summed E-state index contributed by atoms with van der Waals surface area (Å²) < 4.78 is 5.36. The van der Waals surface area contributed by atoms with Crippen LogP contribution in [0.1, 0.15) is 21.5 Å². The molecule has 0 aliphatic rings. The molecule has 2 aromatic rings. The van der Waals surface area contributed by atoms with Gasteiger partial charge in [0.1, 0.15) is 5.75 Å². The average molecular weight is 284 g/mol. The first-order chi connectivity index (χ1) is 10.1. The summed E-state index contributed by atoms with van der Waals surface area (Å²) in [6, 6.07) is 13.5. The highest BCUT2D eigenvalue weighted by Gasteiger charge is 2.05. The highest BCUT2D eigenvalue weighted by atomic mass is 16.5. The summed E-state index contributed by atoms with van der Waals surface area (Å²) in [5, 5.41) is 5.94. The molecule has 110 valence electrons. The molecule has 0 aliphatic heterocycles. The monoisotopic (exact) mass is 284 g/mol. The standard InChI is InChI=1S/C17H20N2O2/c1-12-7-8-16(21-3)14(9-12)11-19-15-6-4-5-13(10-15)17(20)18-2/h4-10,19H,11H2,1-3H3,(H,18,20). The molecule has 21 heavy (non-hydrogen) atoms. The number of nitrogens with one attached hydrogen (secondary N) is 2. The third-order valence-electron chi connectivity index (χ3n) is 3.27. The minimum Gasteiger partial charge on any atom is -0.496 e. The molecule has 0 saturated heterocycles. The molecule has 2 rings (SSSR count). The molecule has 0 aromatic heterocycles. The summed E-state index contributed by atoms with van der Waals surface area (Å²) in [7, 11) is 3.29. The lowest BCUT2D eigenvalue weighted by molar-refractivity contribution is 0.0963. The largest absolute Gasteiger partial charge is 0.496 e. The van der Waals surface area contributed by atoms with Crippen molar-refractivity contribution in [2.45, 2.75) is 13.5 Å². The summed E-state index contributed by atoms with van der Waals surface area (Å²) >= 11 is 0. The number of ether oxygens (including phenoxy) is 1. The van der Waals surface area contributed by atoms with Gasteiger partial charge >= 0.3 is 0 Å². The summed E-state index contributed by atoms with van der Waals surface area (Å²) in [4.78, 5) is 11.6. The number of rotatable bonds is 5. The van der Waals surface area contributed by atoms with Crippen LogP contribution in [-0.4, -0.2) is 20.1 Å². The van der Waals surface area contributed by atoms with Crippen LogP contribution in [-0.2, 0) is 6.54 Å². The second-order valence-corrected chi connectivity index (χ2v) is 4.83. The fourth-order valence-corrected chi connectivity index (χ4v) is 2.16. The molecule has 0 bridgehead atoms. The van der Waals surface area contributed by atoms with Gasteiger partial charge < -0.3 is 15.4 Å². The molecule has 0 saturated carbocycles. The van der Waals surface area contributed by atoms with Crippen LogP contribution >= 0.6 is 0 Å². The Bertz CT molecular complexity index is 638. The van der Waals surface area contributed by atoms with Crippen molar-refractivity contribution in [3.8, 4) is 5.75 Å². The lowest BCUT2D eigenvalue weighted by Crippen LogP contribution is -2.17. The second kappa shape index (κ2) is 6.79. The molecule has 0 atom stereocenters. The van der Waals surface area contributed by atoms with Crippen molar-refractivity contribution in [3.63, 3.8) is 0 Å². The van der Waals surface area contributed by atoms with Crippen molar-refractivity contribution in [1.29, 1.82) is 0 Å². The second-order valence-electron chi connectivity index (χ2n) is 4.83. The van der Waals surface area contributed by atoms with E-state index in [0.29, 0.717) is 12.1 Å². The number of amides is 1. The Hall–Kier alpha value is -2.49. The average Bonchev–Trinajstić information content (AvgIpc) is 2.52. The van der Waals surface area contributed by atoms with Gasteiger partial charge in [-0.2, -0.15) is 0 Å². The summed E-state index contributed by atoms with van der Waals surface area (Å²) in [6.45, 7) is 2.69. The number of hydrogen-bond acceptors (Lipinski definition) is 3. The Morgan fingerprint density at radius 1 is 1.19 bits per heavy atom. The van der Waals surface area contributed by atoms with Crippen LogP contribution < -0.4 is 15.4 Å². The van der Waals surface area contributed by atoms with Crippen molar-refractivity contribution in [3.05, 3.63) is 59.2 Å². The van der Waals surface area contributed by atoms with Gasteiger partial charge in [-0.1, -0.05) is 23.8 Å². The molecule has 0 spiro atoms. The van der Waals surface area contributed by atoms with Gasteiger partial charge in [-0.05, 0) is 31.2 Å². The molecule has 2 aromatic carbocycles. The van der Waals surface area contributed by atoms with Crippen molar-refractivity contribution >= 4 is 11.6 Å². The van der Waals surface area contributed by atoms with Crippen molar-refractivity contribution in [2.24, 2.45) is 0 Å². The van der Waals surface area contributed by atoms with E-state index in [-0.39, 0.29) is 5.91 Å². The van der Waals surface area contributed by atoms with Crippen LogP contribution in [0.4, 0.5) is 5.69 Å². The van der Waals surface area contributed by atoms with E-state index in [0.717, 1.165) is 17.0 Å². The zero-order valence-corrected chi connectivity index (χ0v) is 12.6. The van der Waals surface area contributed by atoms with E-state index < -0.39 is 0 Å². The van der Waals surface area contributed by atoms with E-state index in [1.807, 2.05) is 30.3 Å². The minimum absolute atomic E-state index is 0.0909. The zero-order valence-electron chi connectivity index (χ0n) is 12.6. The first-order valence-corrected chi connectivity index (χ1v) is 6.83. The first kappa shape index (κ1) is 14.9. The Labute approximate surface area is 125 Å². The van der Waals surface area contributed by atoms with Crippen molar-refractivity contribution in [2.75, 3.05) is 19.5 Å². The van der Waals surface area contributed by atoms with E-state index in [1.54, 1.807) is 20.2 Å².